The normalized spacial score (nSPS) is 15.5. The Morgan fingerprint density at radius 2 is 2.13 bits per heavy atom. The molecule has 3 N–H and O–H groups in total. The highest BCUT2D eigenvalue weighted by Crippen LogP contribution is 2.24. The average molecular weight is 353 g/mol. The number of anilines is 2. The number of rotatable bonds is 5. The van der Waals surface area contributed by atoms with Crippen LogP contribution in [0.2, 0.25) is 0 Å². The summed E-state index contributed by atoms with van der Waals surface area (Å²) in [5.41, 5.74) is 7.83. The Kier molecular flexibility index (Phi) is 5.98. The molecule has 0 bridgehead atoms. The van der Waals surface area contributed by atoms with Crippen LogP contribution in [-0.2, 0) is 11.3 Å². The van der Waals surface area contributed by atoms with Crippen molar-refractivity contribution < 1.29 is 4.79 Å². The van der Waals surface area contributed by atoms with Crippen LogP contribution in [-0.4, -0.2) is 17.4 Å². The van der Waals surface area contributed by atoms with Gasteiger partial charge in [0.2, 0.25) is 5.91 Å². The van der Waals surface area contributed by atoms with Crippen LogP contribution in [0.15, 0.2) is 30.5 Å². The number of nitrogens with one attached hydrogen (secondary N) is 1. The zero-order chi connectivity index (χ0) is 15.5. The van der Waals surface area contributed by atoms with Gasteiger partial charge in [-0.05, 0) is 31.0 Å². The van der Waals surface area contributed by atoms with E-state index in [9.17, 15) is 4.79 Å². The number of nitrogens with zero attached hydrogens (tertiary/aromatic N) is 2. The van der Waals surface area contributed by atoms with E-state index in [0.717, 1.165) is 30.1 Å². The van der Waals surface area contributed by atoms with Gasteiger partial charge in [0.25, 0.3) is 0 Å². The number of hydrogen-bond acceptors (Lipinski definition) is 5. The van der Waals surface area contributed by atoms with E-state index in [4.69, 9.17) is 5.73 Å². The minimum atomic E-state index is 0. The highest BCUT2D eigenvalue weighted by Gasteiger charge is 2.21. The average Bonchev–Trinajstić information content (AvgIpc) is 3.13. The summed E-state index contributed by atoms with van der Waals surface area (Å²) in [5.74, 6) is 0.224. The molecule has 1 fully saturated rings. The minimum Gasteiger partial charge on any atom is -0.375 e. The summed E-state index contributed by atoms with van der Waals surface area (Å²) in [5, 5.41) is 4.06. The molecule has 1 aromatic carbocycles. The molecule has 1 atom stereocenters. The third-order valence-electron chi connectivity index (χ3n) is 3.93. The topological polar surface area (TPSA) is 71.2 Å². The summed E-state index contributed by atoms with van der Waals surface area (Å²) in [4.78, 5) is 18.8. The van der Waals surface area contributed by atoms with Gasteiger partial charge in [0.15, 0.2) is 5.13 Å². The van der Waals surface area contributed by atoms with Crippen molar-refractivity contribution in [2.75, 3.05) is 17.2 Å². The van der Waals surface area contributed by atoms with E-state index < -0.39 is 0 Å². The van der Waals surface area contributed by atoms with Crippen LogP contribution in [0.1, 0.15) is 36.2 Å². The van der Waals surface area contributed by atoms with Gasteiger partial charge in [-0.3, -0.25) is 4.79 Å². The number of nitrogens with two attached hydrogens (primary N) is 1. The highest BCUT2D eigenvalue weighted by atomic mass is 35.5. The lowest BCUT2D eigenvalue weighted by Gasteiger charge is -2.18. The van der Waals surface area contributed by atoms with Gasteiger partial charge in [0.05, 0.1) is 0 Å². The molecule has 0 spiro atoms. The first-order valence-corrected chi connectivity index (χ1v) is 8.29. The quantitative estimate of drug-likeness (QED) is 0.867. The third kappa shape index (κ3) is 4.22. The fourth-order valence-electron chi connectivity index (χ4n) is 2.64. The number of halogens is 1. The molecule has 3 rings (SSSR count). The predicted octanol–water partition coefficient (Wildman–Crippen LogP) is 3.12. The van der Waals surface area contributed by atoms with Gasteiger partial charge in [-0.25, -0.2) is 4.98 Å². The molecule has 1 aliphatic rings. The first kappa shape index (κ1) is 17.7. The van der Waals surface area contributed by atoms with Crippen LogP contribution in [0.4, 0.5) is 10.8 Å². The third-order valence-corrected chi connectivity index (χ3v) is 4.76. The van der Waals surface area contributed by atoms with Crippen LogP contribution < -0.4 is 16.0 Å². The van der Waals surface area contributed by atoms with Gasteiger partial charge < -0.3 is 16.0 Å². The number of nitrogen functional groups attached to an aromatic ring is 1. The maximum atomic E-state index is 11.8. The van der Waals surface area contributed by atoms with Crippen LogP contribution in [0.3, 0.4) is 0 Å². The lowest BCUT2D eigenvalue weighted by Crippen LogP contribution is -2.23. The number of benzene rings is 1. The van der Waals surface area contributed by atoms with Crippen molar-refractivity contribution in [1.29, 1.82) is 0 Å². The number of aromatic nitrogens is 1. The standard InChI is InChI=1S/C16H20N4OS.ClH/c1-11(18-9-14-10-19-16(17)22-14)12-4-6-13(7-5-12)20-8-2-3-15(20)21;/h4-7,10-11,18H,2-3,8-9H2,1H3,(H2,17,19);1H. The SMILES string of the molecule is CC(NCc1cnc(N)s1)c1ccc(N2CCCC2=O)cc1.Cl. The van der Waals surface area contributed by atoms with Crippen LogP contribution in [0.25, 0.3) is 0 Å². The summed E-state index contributed by atoms with van der Waals surface area (Å²) in [6, 6.07) is 8.45. The molecule has 0 aliphatic carbocycles. The number of thiazole rings is 1. The van der Waals surface area contributed by atoms with E-state index in [1.165, 1.54) is 16.9 Å². The number of amides is 1. The molecule has 1 aromatic heterocycles. The smallest absolute Gasteiger partial charge is 0.227 e. The Hall–Kier alpha value is -1.63. The van der Waals surface area contributed by atoms with Crippen LogP contribution >= 0.6 is 23.7 Å². The Morgan fingerprint density at radius 1 is 1.39 bits per heavy atom. The lowest BCUT2D eigenvalue weighted by atomic mass is 10.1. The molecule has 2 aromatic rings. The lowest BCUT2D eigenvalue weighted by molar-refractivity contribution is -0.117. The van der Waals surface area contributed by atoms with Crippen molar-refractivity contribution in [3.05, 3.63) is 40.9 Å². The van der Waals surface area contributed by atoms with Gasteiger partial charge in [-0.1, -0.05) is 12.1 Å². The van der Waals surface area contributed by atoms with E-state index in [1.807, 2.05) is 23.2 Å². The maximum absolute atomic E-state index is 11.8. The van der Waals surface area contributed by atoms with Gasteiger partial charge >= 0.3 is 0 Å². The first-order valence-electron chi connectivity index (χ1n) is 7.47. The second-order valence-corrected chi connectivity index (χ2v) is 6.65. The summed E-state index contributed by atoms with van der Waals surface area (Å²) in [6.45, 7) is 3.71. The predicted molar refractivity (Wildman–Crippen MR) is 97.1 cm³/mol. The summed E-state index contributed by atoms with van der Waals surface area (Å²) in [6.07, 6.45) is 3.43. The summed E-state index contributed by atoms with van der Waals surface area (Å²) >= 11 is 1.50. The first-order chi connectivity index (χ1) is 10.6. The molecule has 5 nitrogen and oxygen atoms in total. The fraction of sp³-hybridized carbons (Fsp3) is 0.375. The maximum Gasteiger partial charge on any atom is 0.227 e. The zero-order valence-corrected chi connectivity index (χ0v) is 14.6. The van der Waals surface area contributed by atoms with Gasteiger partial charge in [0.1, 0.15) is 0 Å². The van der Waals surface area contributed by atoms with Crippen molar-refractivity contribution in [3.8, 4) is 0 Å². The second kappa shape index (κ2) is 7.77. The van der Waals surface area contributed by atoms with Crippen LogP contribution in [0.5, 0.6) is 0 Å². The molecule has 7 heteroatoms. The van der Waals surface area contributed by atoms with Crippen molar-refractivity contribution in [2.45, 2.75) is 32.4 Å². The van der Waals surface area contributed by atoms with Crippen molar-refractivity contribution >= 4 is 40.5 Å². The summed E-state index contributed by atoms with van der Waals surface area (Å²) < 4.78 is 0. The molecule has 1 amide bonds. The van der Waals surface area contributed by atoms with E-state index >= 15 is 0 Å². The monoisotopic (exact) mass is 352 g/mol. The Balaban J connectivity index is 0.00000192. The fourth-order valence-corrected chi connectivity index (χ4v) is 3.27. The summed E-state index contributed by atoms with van der Waals surface area (Å²) in [7, 11) is 0. The molecule has 1 unspecified atom stereocenters. The number of carbonyl (C=O) groups excluding carboxylic acids is 1. The Morgan fingerprint density at radius 3 is 2.70 bits per heavy atom. The zero-order valence-electron chi connectivity index (χ0n) is 13.0. The van der Waals surface area contributed by atoms with E-state index in [-0.39, 0.29) is 24.4 Å². The van der Waals surface area contributed by atoms with Crippen molar-refractivity contribution in [2.24, 2.45) is 0 Å². The second-order valence-electron chi connectivity index (χ2n) is 5.51. The molecule has 2 heterocycles. The molecule has 0 saturated carbocycles. The minimum absolute atomic E-state index is 0. The molecule has 1 saturated heterocycles. The molecule has 124 valence electrons. The molecular weight excluding hydrogens is 332 g/mol. The van der Waals surface area contributed by atoms with Gasteiger partial charge in [-0.2, -0.15) is 0 Å². The molecule has 1 aliphatic heterocycles. The number of carbonyl (C=O) groups is 1. The molecule has 23 heavy (non-hydrogen) atoms. The number of hydrogen-bond donors (Lipinski definition) is 2. The highest BCUT2D eigenvalue weighted by molar-refractivity contribution is 7.15. The molecular formula is C16H21ClN4OS. The largest absolute Gasteiger partial charge is 0.375 e. The Labute approximate surface area is 146 Å². The van der Waals surface area contributed by atoms with Gasteiger partial charge in [0, 0.05) is 42.3 Å². The van der Waals surface area contributed by atoms with E-state index in [1.54, 1.807) is 0 Å². The van der Waals surface area contributed by atoms with E-state index in [0.29, 0.717) is 11.6 Å². The van der Waals surface area contributed by atoms with Gasteiger partial charge in [-0.15, -0.1) is 23.7 Å². The van der Waals surface area contributed by atoms with Crippen LogP contribution in [0, 0.1) is 0 Å². The van der Waals surface area contributed by atoms with Crippen molar-refractivity contribution in [1.82, 2.24) is 10.3 Å². The molecule has 0 radical (unpaired) electrons. The Bertz CT molecular complexity index is 658. The van der Waals surface area contributed by atoms with Crippen molar-refractivity contribution in [3.63, 3.8) is 0 Å². The van der Waals surface area contributed by atoms with E-state index in [2.05, 4.69) is 29.4 Å².